The van der Waals surface area contributed by atoms with Crippen LogP contribution in [-0.4, -0.2) is 0 Å². The van der Waals surface area contributed by atoms with Crippen molar-refractivity contribution in [2.45, 2.75) is 65.2 Å². The molecule has 2 aromatic heterocycles. The van der Waals surface area contributed by atoms with Gasteiger partial charge in [0.15, 0.2) is 12.4 Å². The molecule has 2 nitrogen and oxygen atoms in total. The van der Waals surface area contributed by atoms with E-state index in [-0.39, 0.29) is 10.8 Å². The predicted octanol–water partition coefficient (Wildman–Crippen LogP) is 11.1. The van der Waals surface area contributed by atoms with Crippen molar-refractivity contribution in [2.75, 3.05) is 0 Å². The Kier molecular flexibility index (Phi) is 6.81. The molecule has 0 aliphatic carbocycles. The second-order valence-electron chi connectivity index (χ2n) is 16.3. The molecule has 0 unspecified atom stereocenters. The number of hydrogen-bond acceptors (Lipinski definition) is 0. The number of aromatic nitrogens is 2. The minimum absolute atomic E-state index is 0.0466. The molecule has 5 aromatic carbocycles. The predicted molar refractivity (Wildman–Crippen MR) is 209 cm³/mol. The molecule has 4 heterocycles. The quantitative estimate of drug-likeness (QED) is 0.124. The second kappa shape index (κ2) is 11.1. The van der Waals surface area contributed by atoms with E-state index in [1.54, 1.807) is 0 Å². The molecule has 0 bridgehead atoms. The van der Waals surface area contributed by atoms with E-state index in [0.29, 0.717) is 0 Å². The van der Waals surface area contributed by atoms with Crippen LogP contribution in [0.3, 0.4) is 0 Å². The van der Waals surface area contributed by atoms with Crippen LogP contribution in [0.5, 0.6) is 0 Å². The number of nitrogens with zero attached hydrogens (tertiary/aromatic N) is 2. The average Bonchev–Trinajstić information content (AvgIpc) is 3.12. The van der Waals surface area contributed by atoms with Gasteiger partial charge in [-0.3, -0.25) is 0 Å². The van der Waals surface area contributed by atoms with Gasteiger partial charge in [-0.05, 0) is 84.0 Å². The van der Waals surface area contributed by atoms with Crippen molar-refractivity contribution in [1.29, 1.82) is 0 Å². The highest BCUT2D eigenvalue weighted by molar-refractivity contribution is 6.09. The molecule has 2 aliphatic heterocycles. The SMILES string of the molecule is CC(C)(C)c1ccc2c(c1)-c1cc(C(C)(C)C)cc[n+]1/C(=C1\Cc3cc4c(ccc5ccccc54)cc3-c3cc(-c4ccccc4)cc[n+]31)C2. The fourth-order valence-electron chi connectivity index (χ4n) is 8.10. The summed E-state index contributed by atoms with van der Waals surface area (Å²) in [6, 6.07) is 45.7. The molecule has 0 saturated heterocycles. The van der Waals surface area contributed by atoms with E-state index in [0.717, 1.165) is 12.8 Å². The Labute approximate surface area is 296 Å². The summed E-state index contributed by atoms with van der Waals surface area (Å²) in [5, 5.41) is 5.21. The van der Waals surface area contributed by atoms with Gasteiger partial charge < -0.3 is 0 Å². The highest BCUT2D eigenvalue weighted by atomic mass is 15.1. The third-order valence-electron chi connectivity index (χ3n) is 11.0. The molecule has 0 N–H and O–H groups in total. The minimum atomic E-state index is 0.0466. The Morgan fingerprint density at radius 3 is 1.82 bits per heavy atom. The standard InChI is InChI=1S/C48H44N2/c1-47(2,3)37-19-18-35-27-45(50-23-21-38(48(4,5)6)30-44(50)42(35)29-37)46-28-36-25-40-34(17-16-32-14-10-11-15-39(32)40)24-41(36)43-26-33(20-22-49(43)46)31-12-8-7-9-13-31/h7-26,29-30H,27-28H2,1-6H3/q+2/b46-45+. The number of pyridine rings is 2. The van der Waals surface area contributed by atoms with Crippen molar-refractivity contribution >= 4 is 32.9 Å². The lowest BCUT2D eigenvalue weighted by Crippen LogP contribution is -2.47. The van der Waals surface area contributed by atoms with Crippen molar-refractivity contribution in [3.05, 3.63) is 156 Å². The van der Waals surface area contributed by atoms with Gasteiger partial charge in [0.25, 0.3) is 11.4 Å². The van der Waals surface area contributed by atoms with Crippen LogP contribution in [-0.2, 0) is 23.7 Å². The van der Waals surface area contributed by atoms with Crippen LogP contribution in [0.25, 0.3) is 66.6 Å². The molecule has 0 fully saturated rings. The number of allylic oxidation sites excluding steroid dienone is 2. The summed E-state index contributed by atoms with van der Waals surface area (Å²) in [5.74, 6) is 0. The molecule has 0 amide bonds. The monoisotopic (exact) mass is 648 g/mol. The molecule has 244 valence electrons. The van der Waals surface area contributed by atoms with E-state index in [2.05, 4.69) is 184 Å². The zero-order valence-electron chi connectivity index (χ0n) is 30.0. The first-order chi connectivity index (χ1) is 24.0. The lowest BCUT2D eigenvalue weighted by Gasteiger charge is -2.26. The lowest BCUT2D eigenvalue weighted by atomic mass is 9.81. The van der Waals surface area contributed by atoms with Gasteiger partial charge in [-0.2, -0.15) is 9.13 Å². The number of fused-ring (bicyclic) bond motifs is 9. The highest BCUT2D eigenvalue weighted by Crippen LogP contribution is 2.41. The summed E-state index contributed by atoms with van der Waals surface area (Å²) < 4.78 is 4.99. The molecule has 7 aromatic rings. The molecular formula is C48H44N2+2. The van der Waals surface area contributed by atoms with Gasteiger partial charge in [0.2, 0.25) is 11.4 Å². The first-order valence-electron chi connectivity index (χ1n) is 18.0. The van der Waals surface area contributed by atoms with Gasteiger partial charge >= 0.3 is 0 Å². The largest absolute Gasteiger partial charge is 0.259 e. The molecule has 0 saturated carbocycles. The summed E-state index contributed by atoms with van der Waals surface area (Å²) in [6.07, 6.45) is 6.39. The molecule has 2 heteroatoms. The molecular weight excluding hydrogens is 605 g/mol. The van der Waals surface area contributed by atoms with Crippen molar-refractivity contribution in [2.24, 2.45) is 0 Å². The van der Waals surface area contributed by atoms with Gasteiger partial charge in [0.1, 0.15) is 0 Å². The summed E-state index contributed by atoms with van der Waals surface area (Å²) in [6.45, 7) is 13.9. The third kappa shape index (κ3) is 5.00. The minimum Gasteiger partial charge on any atom is -0.158 e. The van der Waals surface area contributed by atoms with Crippen molar-refractivity contribution in [3.8, 4) is 33.6 Å². The van der Waals surface area contributed by atoms with E-state index < -0.39 is 0 Å². The molecule has 0 spiro atoms. The molecule has 9 rings (SSSR count). The van der Waals surface area contributed by atoms with Gasteiger partial charge in [-0.15, -0.1) is 0 Å². The Balaban J connectivity index is 1.33. The van der Waals surface area contributed by atoms with Crippen LogP contribution < -0.4 is 9.13 Å². The maximum absolute atomic E-state index is 2.50. The first-order valence-corrected chi connectivity index (χ1v) is 18.0. The zero-order chi connectivity index (χ0) is 34.4. The van der Waals surface area contributed by atoms with E-state index in [4.69, 9.17) is 0 Å². The summed E-state index contributed by atoms with van der Waals surface area (Å²) in [7, 11) is 0. The second-order valence-corrected chi connectivity index (χ2v) is 16.3. The fraction of sp³-hybridized carbons (Fsp3) is 0.208. The maximum atomic E-state index is 2.50. The van der Waals surface area contributed by atoms with Crippen LogP contribution in [0.2, 0.25) is 0 Å². The van der Waals surface area contributed by atoms with E-state index >= 15 is 0 Å². The van der Waals surface area contributed by atoms with Crippen LogP contribution in [0.4, 0.5) is 0 Å². The number of hydrogen-bond donors (Lipinski definition) is 0. The topological polar surface area (TPSA) is 7.76 Å². The van der Waals surface area contributed by atoms with Crippen molar-refractivity contribution in [1.82, 2.24) is 0 Å². The maximum Gasteiger partial charge on any atom is 0.259 e. The van der Waals surface area contributed by atoms with Gasteiger partial charge in [0.05, 0.1) is 24.0 Å². The molecule has 2 aliphatic rings. The summed E-state index contributed by atoms with van der Waals surface area (Å²) in [4.78, 5) is 0. The normalized spacial score (nSPS) is 15.4. The summed E-state index contributed by atoms with van der Waals surface area (Å²) >= 11 is 0. The van der Waals surface area contributed by atoms with Crippen LogP contribution in [0, 0.1) is 0 Å². The Morgan fingerprint density at radius 2 is 1.06 bits per heavy atom. The first kappa shape index (κ1) is 30.7. The zero-order valence-corrected chi connectivity index (χ0v) is 30.0. The Bertz CT molecular complexity index is 2540. The van der Waals surface area contributed by atoms with Crippen LogP contribution in [0.15, 0.2) is 134 Å². The number of rotatable bonds is 1. The molecule has 50 heavy (non-hydrogen) atoms. The van der Waals surface area contributed by atoms with Gasteiger partial charge in [-0.1, -0.05) is 120 Å². The molecule has 0 atom stereocenters. The van der Waals surface area contributed by atoms with Crippen LogP contribution in [0.1, 0.15) is 63.8 Å². The van der Waals surface area contributed by atoms with E-state index in [1.807, 2.05) is 0 Å². The Hall–Kier alpha value is -5.34. The van der Waals surface area contributed by atoms with Crippen LogP contribution >= 0.6 is 0 Å². The molecule has 0 radical (unpaired) electrons. The fourth-order valence-corrected chi connectivity index (χ4v) is 8.10. The van der Waals surface area contributed by atoms with Gasteiger partial charge in [-0.25, -0.2) is 0 Å². The Morgan fingerprint density at radius 1 is 0.440 bits per heavy atom. The third-order valence-corrected chi connectivity index (χ3v) is 11.0. The van der Waals surface area contributed by atoms with E-state index in [9.17, 15) is 0 Å². The van der Waals surface area contributed by atoms with Crippen molar-refractivity contribution in [3.63, 3.8) is 0 Å². The smallest absolute Gasteiger partial charge is 0.158 e. The number of benzene rings is 5. The summed E-state index contributed by atoms with van der Waals surface area (Å²) in [5.41, 5.74) is 16.0. The lowest BCUT2D eigenvalue weighted by molar-refractivity contribution is -0.602. The van der Waals surface area contributed by atoms with E-state index in [1.165, 1.54) is 88.8 Å². The van der Waals surface area contributed by atoms with Gasteiger partial charge in [0, 0.05) is 24.3 Å². The average molecular weight is 649 g/mol. The van der Waals surface area contributed by atoms with Crippen molar-refractivity contribution < 1.29 is 9.13 Å². The highest BCUT2D eigenvalue weighted by Gasteiger charge is 2.39.